The second-order valence-electron chi connectivity index (χ2n) is 5.24. The first-order chi connectivity index (χ1) is 9.50. The van der Waals surface area contributed by atoms with Gasteiger partial charge in [-0.1, -0.05) is 0 Å². The predicted molar refractivity (Wildman–Crippen MR) is 74.9 cm³/mol. The highest BCUT2D eigenvalue weighted by atomic mass is 16.5. The lowest BCUT2D eigenvalue weighted by Crippen LogP contribution is -2.47. The Hall–Kier alpha value is -1.66. The van der Waals surface area contributed by atoms with E-state index in [-0.39, 0.29) is 5.91 Å². The molecule has 0 radical (unpaired) electrons. The number of amides is 1. The van der Waals surface area contributed by atoms with Gasteiger partial charge in [0.15, 0.2) is 0 Å². The van der Waals surface area contributed by atoms with Crippen LogP contribution in [0, 0.1) is 0 Å². The summed E-state index contributed by atoms with van der Waals surface area (Å²) in [5.41, 5.74) is 0.0276. The van der Waals surface area contributed by atoms with Crippen LogP contribution < -0.4 is 0 Å². The van der Waals surface area contributed by atoms with Crippen LogP contribution in [0.3, 0.4) is 0 Å². The Bertz CT molecular complexity index is 490. The molecule has 2 heterocycles. The van der Waals surface area contributed by atoms with E-state index in [0.29, 0.717) is 32.6 Å². The van der Waals surface area contributed by atoms with Crippen molar-refractivity contribution in [3.05, 3.63) is 24.0 Å². The van der Waals surface area contributed by atoms with Gasteiger partial charge in [0.05, 0.1) is 11.3 Å². The average Bonchev–Trinajstić information content (AvgIpc) is 2.81. The summed E-state index contributed by atoms with van der Waals surface area (Å²) < 4.78 is 6.92. The zero-order chi connectivity index (χ0) is 14.6. The van der Waals surface area contributed by atoms with Crippen molar-refractivity contribution in [2.24, 2.45) is 7.05 Å². The predicted octanol–water partition coefficient (Wildman–Crippen LogP) is 0.433. The number of aryl methyl sites for hydroxylation is 1. The highest BCUT2D eigenvalue weighted by molar-refractivity contribution is 5.91. The molecule has 0 spiro atoms. The van der Waals surface area contributed by atoms with Gasteiger partial charge < -0.3 is 14.7 Å². The van der Waals surface area contributed by atoms with Crippen LogP contribution in [0.25, 0.3) is 6.08 Å². The first kappa shape index (κ1) is 14.7. The van der Waals surface area contributed by atoms with Gasteiger partial charge in [0, 0.05) is 59.0 Å². The smallest absolute Gasteiger partial charge is 0.246 e. The van der Waals surface area contributed by atoms with Gasteiger partial charge in [-0.05, 0) is 12.1 Å². The van der Waals surface area contributed by atoms with Crippen LogP contribution in [0.1, 0.15) is 18.5 Å². The van der Waals surface area contributed by atoms with Crippen molar-refractivity contribution in [3.8, 4) is 0 Å². The molecule has 1 aliphatic rings. The zero-order valence-electron chi connectivity index (χ0n) is 12.0. The second-order valence-corrected chi connectivity index (χ2v) is 5.24. The van der Waals surface area contributed by atoms with Crippen molar-refractivity contribution in [2.45, 2.75) is 18.4 Å². The lowest BCUT2D eigenvalue weighted by atomic mass is 9.94. The van der Waals surface area contributed by atoms with E-state index < -0.39 is 5.60 Å². The number of aromatic nitrogens is 2. The number of carbonyl (C=O) groups is 1. The van der Waals surface area contributed by atoms with Crippen molar-refractivity contribution in [1.29, 1.82) is 0 Å². The molecular weight excluding hydrogens is 258 g/mol. The number of carbonyl (C=O) groups excluding carboxylic acids is 1. The van der Waals surface area contributed by atoms with Crippen molar-refractivity contribution in [1.82, 2.24) is 14.7 Å². The average molecular weight is 279 g/mol. The van der Waals surface area contributed by atoms with E-state index in [1.807, 2.05) is 13.1 Å². The fourth-order valence-electron chi connectivity index (χ4n) is 2.26. The fourth-order valence-corrected chi connectivity index (χ4v) is 2.26. The van der Waals surface area contributed by atoms with Crippen LogP contribution in [0.2, 0.25) is 0 Å². The summed E-state index contributed by atoms with van der Waals surface area (Å²) in [7, 11) is 3.52. The quantitative estimate of drug-likeness (QED) is 0.812. The maximum Gasteiger partial charge on any atom is 0.246 e. The van der Waals surface area contributed by atoms with Gasteiger partial charge in [0.25, 0.3) is 0 Å². The molecule has 1 saturated heterocycles. The van der Waals surface area contributed by atoms with Gasteiger partial charge in [-0.15, -0.1) is 0 Å². The van der Waals surface area contributed by atoms with Crippen molar-refractivity contribution >= 4 is 12.0 Å². The third-order valence-electron chi connectivity index (χ3n) is 3.59. The molecule has 0 atom stereocenters. The van der Waals surface area contributed by atoms with Gasteiger partial charge in [-0.3, -0.25) is 9.48 Å². The molecule has 2 rings (SSSR count). The largest absolute Gasteiger partial charge is 0.388 e. The van der Waals surface area contributed by atoms with Crippen LogP contribution in [0.5, 0.6) is 0 Å². The van der Waals surface area contributed by atoms with Crippen LogP contribution in [-0.2, 0) is 16.6 Å². The molecular formula is C14H21N3O3. The number of aliphatic hydroxyl groups is 1. The van der Waals surface area contributed by atoms with E-state index in [2.05, 4.69) is 5.10 Å². The maximum absolute atomic E-state index is 12.0. The molecule has 0 aromatic carbocycles. The Morgan fingerprint density at radius 3 is 2.90 bits per heavy atom. The van der Waals surface area contributed by atoms with Gasteiger partial charge in [-0.25, -0.2) is 0 Å². The van der Waals surface area contributed by atoms with Crippen molar-refractivity contribution in [2.75, 3.05) is 26.8 Å². The number of rotatable bonds is 4. The molecule has 1 aromatic rings. The van der Waals surface area contributed by atoms with Crippen LogP contribution in [0.4, 0.5) is 0 Å². The Kier molecular flexibility index (Phi) is 4.57. The normalized spacial score (nSPS) is 18.4. The van der Waals surface area contributed by atoms with Crippen LogP contribution >= 0.6 is 0 Å². The van der Waals surface area contributed by atoms with Gasteiger partial charge in [0.2, 0.25) is 5.91 Å². The standard InChI is InChI=1S/C14H21N3O3/c1-16(11-14(19)6-9-20-10-7-14)13(18)4-3-12-5-8-15-17(12)2/h3-5,8,19H,6-7,9-11H2,1-2H3/b4-3+. The minimum atomic E-state index is -0.830. The summed E-state index contributed by atoms with van der Waals surface area (Å²) >= 11 is 0. The second kappa shape index (κ2) is 6.19. The van der Waals surface area contributed by atoms with E-state index >= 15 is 0 Å². The maximum atomic E-state index is 12.0. The van der Waals surface area contributed by atoms with Gasteiger partial charge in [-0.2, -0.15) is 5.10 Å². The summed E-state index contributed by atoms with van der Waals surface area (Å²) in [4.78, 5) is 13.6. The molecule has 1 N–H and O–H groups in total. The lowest BCUT2D eigenvalue weighted by molar-refractivity contribution is -0.131. The molecule has 20 heavy (non-hydrogen) atoms. The Morgan fingerprint density at radius 2 is 2.30 bits per heavy atom. The molecule has 1 amide bonds. The molecule has 1 aromatic heterocycles. The number of hydrogen-bond acceptors (Lipinski definition) is 4. The Balaban J connectivity index is 1.92. The number of likely N-dealkylation sites (N-methyl/N-ethyl adjacent to an activating group) is 1. The minimum absolute atomic E-state index is 0.133. The highest BCUT2D eigenvalue weighted by Crippen LogP contribution is 2.21. The van der Waals surface area contributed by atoms with Crippen molar-refractivity contribution in [3.63, 3.8) is 0 Å². The molecule has 0 saturated carbocycles. The summed E-state index contributed by atoms with van der Waals surface area (Å²) in [6.45, 7) is 1.41. The van der Waals surface area contributed by atoms with E-state index in [9.17, 15) is 9.90 Å². The SMILES string of the molecule is CN(CC1(O)CCOCC1)C(=O)/C=C/c1ccnn1C. The van der Waals surface area contributed by atoms with E-state index in [0.717, 1.165) is 5.69 Å². The molecule has 6 nitrogen and oxygen atoms in total. The molecule has 0 bridgehead atoms. The van der Waals surface area contributed by atoms with Crippen LogP contribution in [-0.4, -0.2) is 58.1 Å². The fraction of sp³-hybridized carbons (Fsp3) is 0.571. The molecule has 6 heteroatoms. The van der Waals surface area contributed by atoms with Gasteiger partial charge in [0.1, 0.15) is 0 Å². The molecule has 0 aliphatic carbocycles. The number of ether oxygens (including phenoxy) is 1. The molecule has 0 unspecified atom stereocenters. The lowest BCUT2D eigenvalue weighted by Gasteiger charge is -2.35. The van der Waals surface area contributed by atoms with Gasteiger partial charge >= 0.3 is 0 Å². The summed E-state index contributed by atoms with van der Waals surface area (Å²) in [6, 6.07) is 1.83. The minimum Gasteiger partial charge on any atom is -0.388 e. The highest BCUT2D eigenvalue weighted by Gasteiger charge is 2.31. The molecule has 1 fully saturated rings. The number of hydrogen-bond donors (Lipinski definition) is 1. The first-order valence-electron chi connectivity index (χ1n) is 6.71. The first-order valence-corrected chi connectivity index (χ1v) is 6.71. The van der Waals surface area contributed by atoms with E-state index in [1.165, 1.54) is 11.0 Å². The Morgan fingerprint density at radius 1 is 1.60 bits per heavy atom. The van der Waals surface area contributed by atoms with Crippen molar-refractivity contribution < 1.29 is 14.6 Å². The zero-order valence-corrected chi connectivity index (χ0v) is 12.0. The Labute approximate surface area is 118 Å². The van der Waals surface area contributed by atoms with E-state index in [1.54, 1.807) is 24.0 Å². The number of nitrogens with zero attached hydrogens (tertiary/aromatic N) is 3. The van der Waals surface area contributed by atoms with E-state index in [4.69, 9.17) is 4.74 Å². The monoisotopic (exact) mass is 279 g/mol. The van der Waals surface area contributed by atoms with Crippen LogP contribution in [0.15, 0.2) is 18.3 Å². The third-order valence-corrected chi connectivity index (χ3v) is 3.59. The topological polar surface area (TPSA) is 67.6 Å². The third kappa shape index (κ3) is 3.68. The summed E-state index contributed by atoms with van der Waals surface area (Å²) in [5, 5.41) is 14.4. The summed E-state index contributed by atoms with van der Waals surface area (Å²) in [5.74, 6) is -0.133. The molecule has 110 valence electrons. The summed E-state index contributed by atoms with van der Waals surface area (Å²) in [6.07, 6.45) is 6.03. The molecule has 1 aliphatic heterocycles.